The van der Waals surface area contributed by atoms with E-state index >= 15 is 0 Å². The van der Waals surface area contributed by atoms with Crippen LogP contribution < -0.4 is 16.0 Å². The normalized spacial score (nSPS) is 17.8. The summed E-state index contributed by atoms with van der Waals surface area (Å²) in [5.41, 5.74) is 5.91. The van der Waals surface area contributed by atoms with Gasteiger partial charge in [0.15, 0.2) is 0 Å². The van der Waals surface area contributed by atoms with Gasteiger partial charge in [-0.25, -0.2) is 4.79 Å². The lowest BCUT2D eigenvalue weighted by atomic mass is 9.82. The Morgan fingerprint density at radius 3 is 2.64 bits per heavy atom. The smallest absolute Gasteiger partial charge is 0.356 e. The highest BCUT2D eigenvalue weighted by Gasteiger charge is 2.30. The Balaban J connectivity index is 1.41. The summed E-state index contributed by atoms with van der Waals surface area (Å²) in [7, 11) is 0. The number of benzene rings is 4. The Hall–Kier alpha value is -3.67. The van der Waals surface area contributed by atoms with Gasteiger partial charge in [-0.3, -0.25) is 0 Å². The van der Waals surface area contributed by atoms with E-state index in [9.17, 15) is 4.79 Å². The molecule has 0 spiro atoms. The zero-order valence-corrected chi connectivity index (χ0v) is 21.0. The van der Waals surface area contributed by atoms with Crippen LogP contribution in [0.5, 0.6) is 5.75 Å². The van der Waals surface area contributed by atoms with E-state index in [0.29, 0.717) is 12.1 Å². The second kappa shape index (κ2) is 10.1. The Morgan fingerprint density at radius 1 is 1.06 bits per heavy atom. The van der Waals surface area contributed by atoms with E-state index in [-0.39, 0.29) is 18.1 Å². The number of carbonyl (C=O) groups excluding carboxylic acids is 1. The lowest BCUT2D eigenvalue weighted by Gasteiger charge is -2.34. The van der Waals surface area contributed by atoms with E-state index in [1.807, 2.05) is 38.1 Å². The number of hydrogen-bond donors (Lipinski definition) is 2. The SMILES string of the molecule is Cc1cc(C2C[C@H](CN[C@H](C)c3cccc4ccccc34)Oc3ccccc32)cc(C(=O)ON)c1C. The van der Waals surface area contributed by atoms with Gasteiger partial charge in [-0.15, -0.1) is 0 Å². The molecule has 5 nitrogen and oxygen atoms in total. The lowest BCUT2D eigenvalue weighted by Crippen LogP contribution is -2.37. The van der Waals surface area contributed by atoms with Crippen LogP contribution in [-0.4, -0.2) is 18.6 Å². The molecule has 0 fully saturated rings. The Bertz CT molecular complexity index is 1410. The van der Waals surface area contributed by atoms with Crippen molar-refractivity contribution >= 4 is 16.7 Å². The molecule has 184 valence electrons. The quantitative estimate of drug-likeness (QED) is 0.325. The van der Waals surface area contributed by atoms with Crippen LogP contribution in [0.3, 0.4) is 0 Å². The first kappa shape index (κ1) is 24.0. The Morgan fingerprint density at radius 2 is 1.81 bits per heavy atom. The molecule has 4 aromatic rings. The first-order valence-electron chi connectivity index (χ1n) is 12.4. The summed E-state index contributed by atoms with van der Waals surface area (Å²) in [5, 5.41) is 6.22. The summed E-state index contributed by atoms with van der Waals surface area (Å²) in [6.07, 6.45) is 0.778. The van der Waals surface area contributed by atoms with E-state index in [0.717, 1.165) is 34.4 Å². The summed E-state index contributed by atoms with van der Waals surface area (Å²) in [5.74, 6) is 5.69. The summed E-state index contributed by atoms with van der Waals surface area (Å²) >= 11 is 0. The highest BCUT2D eigenvalue weighted by Crippen LogP contribution is 2.41. The summed E-state index contributed by atoms with van der Waals surface area (Å²) in [4.78, 5) is 16.9. The number of fused-ring (bicyclic) bond motifs is 2. The van der Waals surface area contributed by atoms with Crippen LogP contribution in [0.25, 0.3) is 10.8 Å². The van der Waals surface area contributed by atoms with Gasteiger partial charge >= 0.3 is 5.97 Å². The van der Waals surface area contributed by atoms with Crippen LogP contribution in [0.4, 0.5) is 0 Å². The maximum atomic E-state index is 12.4. The standard InChI is InChI=1S/C31H32N2O3/c1-19-15-23(16-28(20(19)2)31(34)36-32)29-17-24(35-30-14-7-6-12-27(29)30)18-33-21(3)25-13-8-10-22-9-4-5-11-26(22)25/h4-16,21,24,29,33H,17-18,32H2,1-3H3/t21-,24-,29?/m1/s1. The van der Waals surface area contributed by atoms with Gasteiger partial charge in [-0.1, -0.05) is 66.7 Å². The summed E-state index contributed by atoms with van der Waals surface area (Å²) < 4.78 is 6.44. The average Bonchev–Trinajstić information content (AvgIpc) is 2.91. The van der Waals surface area contributed by atoms with E-state index in [1.165, 1.54) is 16.3 Å². The third-order valence-electron chi connectivity index (χ3n) is 7.45. The summed E-state index contributed by atoms with van der Waals surface area (Å²) in [6, 6.07) is 27.4. The maximum absolute atomic E-state index is 12.4. The van der Waals surface area contributed by atoms with Crippen molar-refractivity contribution in [2.45, 2.75) is 45.3 Å². The molecule has 3 atom stereocenters. The highest BCUT2D eigenvalue weighted by atomic mass is 16.7. The minimum atomic E-state index is -0.514. The molecule has 1 unspecified atom stereocenters. The van der Waals surface area contributed by atoms with E-state index in [2.05, 4.69) is 71.7 Å². The van der Waals surface area contributed by atoms with Crippen molar-refractivity contribution in [3.05, 3.63) is 112 Å². The lowest BCUT2D eigenvalue weighted by molar-refractivity contribution is 0.0502. The van der Waals surface area contributed by atoms with Gasteiger partial charge < -0.3 is 14.9 Å². The van der Waals surface area contributed by atoms with Crippen molar-refractivity contribution in [2.75, 3.05) is 6.54 Å². The fraction of sp³-hybridized carbons (Fsp3) is 0.258. The van der Waals surface area contributed by atoms with E-state index < -0.39 is 5.97 Å². The van der Waals surface area contributed by atoms with Gasteiger partial charge in [-0.2, -0.15) is 5.90 Å². The van der Waals surface area contributed by atoms with Crippen molar-refractivity contribution in [1.82, 2.24) is 5.32 Å². The van der Waals surface area contributed by atoms with Gasteiger partial charge in [0.05, 0.1) is 5.56 Å². The second-order valence-corrected chi connectivity index (χ2v) is 9.68. The molecule has 3 N–H and O–H groups in total. The number of carbonyl (C=O) groups is 1. The third kappa shape index (κ3) is 4.60. The van der Waals surface area contributed by atoms with Crippen LogP contribution in [0, 0.1) is 13.8 Å². The molecule has 5 heteroatoms. The number of hydrogen-bond acceptors (Lipinski definition) is 5. The molecular weight excluding hydrogens is 448 g/mol. The summed E-state index contributed by atoms with van der Waals surface area (Å²) in [6.45, 7) is 6.84. The minimum absolute atomic E-state index is 0.0196. The number of aryl methyl sites for hydroxylation is 1. The molecule has 0 saturated carbocycles. The highest BCUT2D eigenvalue weighted by molar-refractivity contribution is 5.91. The average molecular weight is 481 g/mol. The van der Waals surface area contributed by atoms with E-state index in [1.54, 1.807) is 0 Å². The van der Waals surface area contributed by atoms with Crippen LogP contribution in [0.1, 0.15) is 63.5 Å². The minimum Gasteiger partial charge on any atom is -0.489 e. The number of para-hydroxylation sites is 1. The van der Waals surface area contributed by atoms with Crippen LogP contribution >= 0.6 is 0 Å². The molecule has 1 aliphatic rings. The predicted molar refractivity (Wildman–Crippen MR) is 143 cm³/mol. The largest absolute Gasteiger partial charge is 0.489 e. The first-order valence-corrected chi connectivity index (χ1v) is 12.4. The molecule has 1 aliphatic heterocycles. The molecule has 1 heterocycles. The molecule has 0 amide bonds. The fourth-order valence-electron chi connectivity index (χ4n) is 5.34. The van der Waals surface area contributed by atoms with Crippen molar-refractivity contribution in [3.63, 3.8) is 0 Å². The van der Waals surface area contributed by atoms with Crippen LogP contribution in [0.2, 0.25) is 0 Å². The molecule has 4 aromatic carbocycles. The molecule has 0 radical (unpaired) electrons. The molecule has 0 bridgehead atoms. The van der Waals surface area contributed by atoms with Gasteiger partial charge in [-0.05, 0) is 72.4 Å². The van der Waals surface area contributed by atoms with Crippen molar-refractivity contribution in [2.24, 2.45) is 5.90 Å². The van der Waals surface area contributed by atoms with Gasteiger partial charge in [0.2, 0.25) is 0 Å². The molecular formula is C31H32N2O3. The van der Waals surface area contributed by atoms with Crippen molar-refractivity contribution in [1.29, 1.82) is 0 Å². The van der Waals surface area contributed by atoms with Crippen molar-refractivity contribution in [3.8, 4) is 5.75 Å². The molecule has 5 rings (SSSR count). The number of rotatable bonds is 6. The van der Waals surface area contributed by atoms with E-state index in [4.69, 9.17) is 10.6 Å². The monoisotopic (exact) mass is 480 g/mol. The molecule has 0 saturated heterocycles. The topological polar surface area (TPSA) is 73.6 Å². The first-order chi connectivity index (χ1) is 17.5. The van der Waals surface area contributed by atoms with Gasteiger partial charge in [0, 0.05) is 24.1 Å². The zero-order valence-electron chi connectivity index (χ0n) is 21.0. The number of nitrogens with two attached hydrogens (primary N) is 1. The molecule has 0 aromatic heterocycles. The van der Waals surface area contributed by atoms with Crippen LogP contribution in [-0.2, 0) is 4.84 Å². The van der Waals surface area contributed by atoms with Gasteiger partial charge in [0.25, 0.3) is 0 Å². The Labute approximate surface area is 212 Å². The zero-order chi connectivity index (χ0) is 25.2. The molecule has 0 aliphatic carbocycles. The number of ether oxygens (including phenoxy) is 1. The maximum Gasteiger partial charge on any atom is 0.356 e. The molecule has 36 heavy (non-hydrogen) atoms. The Kier molecular flexibility index (Phi) is 6.77. The fourth-order valence-corrected chi connectivity index (χ4v) is 5.34. The predicted octanol–water partition coefficient (Wildman–Crippen LogP) is 6.12. The van der Waals surface area contributed by atoms with Crippen LogP contribution in [0.15, 0.2) is 78.9 Å². The number of nitrogens with one attached hydrogen (secondary N) is 1. The van der Waals surface area contributed by atoms with Gasteiger partial charge in [0.1, 0.15) is 11.9 Å². The third-order valence-corrected chi connectivity index (χ3v) is 7.45. The second-order valence-electron chi connectivity index (χ2n) is 9.68. The van der Waals surface area contributed by atoms with Crippen molar-refractivity contribution < 1.29 is 14.4 Å².